The van der Waals surface area contributed by atoms with Crippen LogP contribution in [0.15, 0.2) is 24.3 Å². The largest absolute Gasteiger partial charge is 0.388 e. The van der Waals surface area contributed by atoms with Crippen molar-refractivity contribution in [3.05, 3.63) is 29.8 Å². The Hall–Kier alpha value is -1.49. The number of benzene rings is 1. The first-order valence-electron chi connectivity index (χ1n) is 4.51. The third-order valence-corrected chi connectivity index (χ3v) is 1.91. The molecule has 0 amide bonds. The lowest BCUT2D eigenvalue weighted by Gasteiger charge is -2.00. The van der Waals surface area contributed by atoms with Crippen molar-refractivity contribution in [3.63, 3.8) is 0 Å². The summed E-state index contributed by atoms with van der Waals surface area (Å²) in [6, 6.07) is 7.66. The van der Waals surface area contributed by atoms with Gasteiger partial charge in [0.2, 0.25) is 0 Å². The molecule has 1 aromatic carbocycles. The minimum absolute atomic E-state index is 0.614. The summed E-state index contributed by atoms with van der Waals surface area (Å²) in [5.74, 6) is 0.614. The normalized spacial score (nSPS) is 9.23. The highest BCUT2D eigenvalue weighted by molar-refractivity contribution is 5.27. The van der Waals surface area contributed by atoms with Crippen LogP contribution in [0, 0.1) is 11.5 Å². The van der Waals surface area contributed by atoms with Gasteiger partial charge in [0, 0.05) is 0 Å². The zero-order chi connectivity index (χ0) is 9.52. The summed E-state index contributed by atoms with van der Waals surface area (Å²) in [6.07, 6.45) is 5.16. The van der Waals surface area contributed by atoms with Gasteiger partial charge < -0.3 is 4.74 Å². The fourth-order valence-electron chi connectivity index (χ4n) is 1.16. The molecule has 1 rings (SSSR count). The Morgan fingerprint density at radius 2 is 2.00 bits per heavy atom. The predicted octanol–water partition coefficient (Wildman–Crippen LogP) is 2.89. The van der Waals surface area contributed by atoms with Gasteiger partial charge in [-0.2, -0.15) is 0 Å². The van der Waals surface area contributed by atoms with Gasteiger partial charge >= 0.3 is 0 Å². The van der Waals surface area contributed by atoms with E-state index in [2.05, 4.69) is 11.7 Å². The highest BCUT2D eigenvalue weighted by atomic mass is 16.5. The third kappa shape index (κ3) is 3.16. The highest BCUT2D eigenvalue weighted by Crippen LogP contribution is 2.13. The maximum absolute atomic E-state index is 8.26. The van der Waals surface area contributed by atoms with Gasteiger partial charge in [-0.25, -0.2) is 0 Å². The topological polar surface area (TPSA) is 33.0 Å². The molecule has 0 aliphatic carbocycles. The zero-order valence-corrected chi connectivity index (χ0v) is 7.79. The Morgan fingerprint density at radius 1 is 1.31 bits per heavy atom. The summed E-state index contributed by atoms with van der Waals surface area (Å²) in [5.41, 5.74) is 1.30. The highest BCUT2D eigenvalue weighted by Gasteiger charge is 1.94. The lowest BCUT2D eigenvalue weighted by atomic mass is 10.1. The summed E-state index contributed by atoms with van der Waals surface area (Å²) in [6.45, 7) is 2.17. The lowest BCUT2D eigenvalue weighted by Crippen LogP contribution is -1.85. The van der Waals surface area contributed by atoms with Crippen molar-refractivity contribution in [1.29, 1.82) is 5.26 Å². The van der Waals surface area contributed by atoms with E-state index in [0.29, 0.717) is 5.75 Å². The quantitative estimate of drug-likeness (QED) is 0.659. The second-order valence-corrected chi connectivity index (χ2v) is 2.94. The fourth-order valence-corrected chi connectivity index (χ4v) is 1.16. The number of rotatable bonds is 4. The molecule has 0 radical (unpaired) electrons. The Morgan fingerprint density at radius 3 is 2.54 bits per heavy atom. The maximum atomic E-state index is 8.26. The van der Waals surface area contributed by atoms with Gasteiger partial charge in [-0.1, -0.05) is 25.5 Å². The number of hydrogen-bond donors (Lipinski definition) is 0. The van der Waals surface area contributed by atoms with E-state index in [1.54, 1.807) is 6.26 Å². The van der Waals surface area contributed by atoms with E-state index in [4.69, 9.17) is 5.26 Å². The number of hydrogen-bond acceptors (Lipinski definition) is 2. The zero-order valence-electron chi connectivity index (χ0n) is 7.79. The number of unbranched alkanes of at least 4 members (excludes halogenated alkanes) is 1. The van der Waals surface area contributed by atoms with Crippen LogP contribution in [0.5, 0.6) is 5.75 Å². The Labute approximate surface area is 78.8 Å². The standard InChI is InChI=1S/C11H13NO/c1-2-3-4-10-5-7-11(8-6-10)13-9-12/h5-8H,2-4H2,1H3. The van der Waals surface area contributed by atoms with Gasteiger partial charge in [-0.3, -0.25) is 0 Å². The van der Waals surface area contributed by atoms with Crippen LogP contribution in [0.1, 0.15) is 25.3 Å². The van der Waals surface area contributed by atoms with E-state index in [9.17, 15) is 0 Å². The summed E-state index contributed by atoms with van der Waals surface area (Å²) >= 11 is 0. The molecular weight excluding hydrogens is 162 g/mol. The summed E-state index contributed by atoms with van der Waals surface area (Å²) < 4.78 is 4.67. The van der Waals surface area contributed by atoms with E-state index in [1.807, 2.05) is 24.3 Å². The second kappa shape index (κ2) is 5.21. The van der Waals surface area contributed by atoms with E-state index >= 15 is 0 Å². The monoisotopic (exact) mass is 175 g/mol. The van der Waals surface area contributed by atoms with E-state index < -0.39 is 0 Å². The molecule has 0 N–H and O–H groups in total. The van der Waals surface area contributed by atoms with Crippen LogP contribution in [-0.2, 0) is 6.42 Å². The maximum Gasteiger partial charge on any atom is 0.292 e. The molecule has 0 saturated carbocycles. The van der Waals surface area contributed by atoms with Crippen molar-refractivity contribution in [1.82, 2.24) is 0 Å². The molecule has 2 nitrogen and oxygen atoms in total. The first-order valence-corrected chi connectivity index (χ1v) is 4.51. The first kappa shape index (κ1) is 9.60. The SMILES string of the molecule is CCCCc1ccc(OC#N)cc1. The average Bonchev–Trinajstić information content (AvgIpc) is 2.17. The summed E-state index contributed by atoms with van der Waals surface area (Å²) in [4.78, 5) is 0. The van der Waals surface area contributed by atoms with Crippen molar-refractivity contribution in [3.8, 4) is 12.0 Å². The van der Waals surface area contributed by atoms with Crippen molar-refractivity contribution in [2.75, 3.05) is 0 Å². The number of ether oxygens (including phenoxy) is 1. The average molecular weight is 175 g/mol. The molecule has 0 heterocycles. The van der Waals surface area contributed by atoms with Gasteiger partial charge in [0.1, 0.15) is 5.75 Å². The van der Waals surface area contributed by atoms with Gasteiger partial charge in [-0.05, 0) is 30.5 Å². The molecule has 68 valence electrons. The van der Waals surface area contributed by atoms with Gasteiger partial charge in [0.05, 0.1) is 0 Å². The lowest BCUT2D eigenvalue weighted by molar-refractivity contribution is 0.507. The third-order valence-electron chi connectivity index (χ3n) is 1.91. The molecule has 2 heteroatoms. The predicted molar refractivity (Wildman–Crippen MR) is 51.3 cm³/mol. The van der Waals surface area contributed by atoms with Crippen molar-refractivity contribution in [2.45, 2.75) is 26.2 Å². The van der Waals surface area contributed by atoms with E-state index in [0.717, 1.165) is 6.42 Å². The van der Waals surface area contributed by atoms with Gasteiger partial charge in [-0.15, -0.1) is 5.26 Å². The van der Waals surface area contributed by atoms with Crippen molar-refractivity contribution >= 4 is 0 Å². The van der Waals surface area contributed by atoms with E-state index in [-0.39, 0.29) is 0 Å². The van der Waals surface area contributed by atoms with Crippen LogP contribution in [0.3, 0.4) is 0 Å². The molecule has 0 unspecified atom stereocenters. The molecule has 0 fully saturated rings. The van der Waals surface area contributed by atoms with Crippen LogP contribution in [0.2, 0.25) is 0 Å². The van der Waals surface area contributed by atoms with Crippen molar-refractivity contribution in [2.24, 2.45) is 0 Å². The van der Waals surface area contributed by atoms with Crippen LogP contribution < -0.4 is 4.74 Å². The van der Waals surface area contributed by atoms with Crippen molar-refractivity contribution < 1.29 is 4.74 Å². The van der Waals surface area contributed by atoms with Crippen LogP contribution >= 0.6 is 0 Å². The minimum Gasteiger partial charge on any atom is -0.388 e. The van der Waals surface area contributed by atoms with Crippen LogP contribution in [0.4, 0.5) is 0 Å². The molecule has 0 bridgehead atoms. The molecule has 0 aromatic heterocycles. The van der Waals surface area contributed by atoms with Crippen LogP contribution in [0.25, 0.3) is 0 Å². The molecule has 0 aliphatic heterocycles. The fraction of sp³-hybridized carbons (Fsp3) is 0.364. The molecule has 0 atom stereocenters. The summed E-state index contributed by atoms with van der Waals surface area (Å²) in [5, 5.41) is 8.26. The Kier molecular flexibility index (Phi) is 3.84. The number of nitrogens with zero attached hydrogens (tertiary/aromatic N) is 1. The molecule has 1 aromatic rings. The molecule has 13 heavy (non-hydrogen) atoms. The molecule has 0 spiro atoms. The molecule has 0 aliphatic rings. The first-order chi connectivity index (χ1) is 6.36. The van der Waals surface area contributed by atoms with E-state index in [1.165, 1.54) is 18.4 Å². The molecular formula is C11H13NO. The Bertz CT molecular complexity index is 284. The Balaban J connectivity index is 2.55. The van der Waals surface area contributed by atoms with Gasteiger partial charge in [0.25, 0.3) is 6.26 Å². The second-order valence-electron chi connectivity index (χ2n) is 2.94. The number of aryl methyl sites for hydroxylation is 1. The minimum atomic E-state index is 0.614. The summed E-state index contributed by atoms with van der Waals surface area (Å²) in [7, 11) is 0. The smallest absolute Gasteiger partial charge is 0.292 e. The van der Waals surface area contributed by atoms with Gasteiger partial charge in [0.15, 0.2) is 0 Å². The molecule has 0 saturated heterocycles. The number of nitriles is 1. The van der Waals surface area contributed by atoms with Crippen LogP contribution in [-0.4, -0.2) is 0 Å².